The molecule has 16 heavy (non-hydrogen) atoms. The van der Waals surface area contributed by atoms with E-state index >= 15 is 0 Å². The second kappa shape index (κ2) is 3.14. The molecule has 2 aliphatic heterocycles. The maximum atomic E-state index is 11.7. The van der Waals surface area contributed by atoms with Gasteiger partial charge in [-0.2, -0.15) is 4.80 Å². The second-order valence-electron chi connectivity index (χ2n) is 4.16. The summed E-state index contributed by atoms with van der Waals surface area (Å²) >= 11 is 0. The number of amides is 2. The van der Waals surface area contributed by atoms with E-state index in [0.29, 0.717) is 12.4 Å². The van der Waals surface area contributed by atoms with Crippen LogP contribution in [0.2, 0.25) is 0 Å². The molecule has 8 heteroatoms. The molecule has 0 radical (unpaired) electrons. The summed E-state index contributed by atoms with van der Waals surface area (Å²) in [6, 6.07) is -0.602. The Morgan fingerprint density at radius 1 is 1.44 bits per heavy atom. The summed E-state index contributed by atoms with van der Waals surface area (Å²) in [7, 11) is 1.69. The van der Waals surface area contributed by atoms with Crippen molar-refractivity contribution in [2.45, 2.75) is 24.9 Å². The zero-order valence-electron chi connectivity index (χ0n) is 8.81. The highest BCUT2D eigenvalue weighted by molar-refractivity contribution is 5.76. The first-order valence-corrected chi connectivity index (χ1v) is 5.19. The second-order valence-corrected chi connectivity index (χ2v) is 4.16. The summed E-state index contributed by atoms with van der Waals surface area (Å²) in [5, 5.41) is 22.1. The first kappa shape index (κ1) is 9.52. The molecule has 2 amide bonds. The molecule has 1 aromatic rings. The number of carbonyl (C=O) groups excluding carboxylic acids is 1. The number of aryl methyl sites for hydroxylation is 1. The Bertz CT molecular complexity index is 432. The molecule has 0 saturated carbocycles. The van der Waals surface area contributed by atoms with Crippen LogP contribution in [0.4, 0.5) is 4.79 Å². The van der Waals surface area contributed by atoms with Crippen LogP contribution >= 0.6 is 0 Å². The highest BCUT2D eigenvalue weighted by Gasteiger charge is 2.46. The number of tetrazole rings is 1. The minimum Gasteiger partial charge on any atom is -0.310 e. The van der Waals surface area contributed by atoms with Crippen molar-refractivity contribution in [2.75, 3.05) is 6.54 Å². The molecule has 1 aromatic heterocycles. The third-order valence-corrected chi connectivity index (χ3v) is 3.17. The summed E-state index contributed by atoms with van der Waals surface area (Å²) in [4.78, 5) is 14.7. The Morgan fingerprint density at radius 2 is 2.25 bits per heavy atom. The zero-order valence-corrected chi connectivity index (χ0v) is 8.81. The van der Waals surface area contributed by atoms with Crippen molar-refractivity contribution in [1.29, 1.82) is 0 Å². The predicted octanol–water partition coefficient (Wildman–Crippen LogP) is -0.460. The van der Waals surface area contributed by atoms with Crippen molar-refractivity contribution >= 4 is 6.03 Å². The van der Waals surface area contributed by atoms with Crippen LogP contribution in [0, 0.1) is 0 Å². The van der Waals surface area contributed by atoms with Gasteiger partial charge in [-0.05, 0) is 18.1 Å². The van der Waals surface area contributed by atoms with Crippen LogP contribution in [0.3, 0.4) is 0 Å². The van der Waals surface area contributed by atoms with E-state index in [4.69, 9.17) is 0 Å². The minimum absolute atomic E-state index is 0.0829. The van der Waals surface area contributed by atoms with Gasteiger partial charge in [-0.15, -0.1) is 10.2 Å². The number of fused-ring (bicyclic) bond motifs is 2. The smallest absolute Gasteiger partial charge is 0.310 e. The monoisotopic (exact) mass is 224 g/mol. The molecule has 0 aliphatic carbocycles. The topological polar surface area (TPSA) is 87.4 Å². The van der Waals surface area contributed by atoms with Gasteiger partial charge in [0.1, 0.15) is 0 Å². The largest absolute Gasteiger partial charge is 0.344 e. The van der Waals surface area contributed by atoms with E-state index in [1.54, 1.807) is 11.9 Å². The van der Waals surface area contributed by atoms with E-state index in [9.17, 15) is 10.0 Å². The molecule has 3 rings (SSSR count). The van der Waals surface area contributed by atoms with Crippen LogP contribution in [-0.4, -0.2) is 54.0 Å². The summed E-state index contributed by atoms with van der Waals surface area (Å²) in [5.74, 6) is 0.546. The van der Waals surface area contributed by atoms with Crippen molar-refractivity contribution in [3.8, 4) is 0 Å². The van der Waals surface area contributed by atoms with Crippen molar-refractivity contribution in [1.82, 2.24) is 30.2 Å². The van der Waals surface area contributed by atoms with Crippen LogP contribution in [-0.2, 0) is 7.05 Å². The fourth-order valence-electron chi connectivity index (χ4n) is 2.35. The normalized spacial score (nSPS) is 29.0. The lowest BCUT2D eigenvalue weighted by atomic mass is 10.0. The lowest BCUT2D eigenvalue weighted by Gasteiger charge is -2.27. The van der Waals surface area contributed by atoms with E-state index in [1.807, 2.05) is 0 Å². The summed E-state index contributed by atoms with van der Waals surface area (Å²) < 4.78 is 0. The van der Waals surface area contributed by atoms with Gasteiger partial charge in [0, 0.05) is 6.54 Å². The van der Waals surface area contributed by atoms with Crippen molar-refractivity contribution in [3.05, 3.63) is 5.82 Å². The molecule has 86 valence electrons. The zero-order chi connectivity index (χ0) is 11.3. The van der Waals surface area contributed by atoms with Gasteiger partial charge >= 0.3 is 6.03 Å². The fraction of sp³-hybridized carbons (Fsp3) is 0.750. The van der Waals surface area contributed by atoms with Crippen molar-refractivity contribution < 1.29 is 10.0 Å². The summed E-state index contributed by atoms with van der Waals surface area (Å²) in [6.45, 7) is 0.540. The van der Waals surface area contributed by atoms with E-state index in [0.717, 1.165) is 17.9 Å². The average molecular weight is 224 g/mol. The van der Waals surface area contributed by atoms with E-state index in [-0.39, 0.29) is 18.1 Å². The van der Waals surface area contributed by atoms with Crippen LogP contribution in [0.5, 0.6) is 0 Å². The maximum absolute atomic E-state index is 11.7. The molecule has 8 nitrogen and oxygen atoms in total. The number of urea groups is 1. The molecule has 2 aliphatic rings. The average Bonchev–Trinajstić information content (AvgIpc) is 2.80. The molecule has 3 heterocycles. The molecule has 2 atom stereocenters. The number of nitrogens with zero attached hydrogens (tertiary/aromatic N) is 6. The van der Waals surface area contributed by atoms with Gasteiger partial charge in [0.2, 0.25) is 0 Å². The van der Waals surface area contributed by atoms with Gasteiger partial charge in [0.05, 0.1) is 19.1 Å². The lowest BCUT2D eigenvalue weighted by Crippen LogP contribution is -2.34. The molecule has 2 saturated heterocycles. The third kappa shape index (κ3) is 1.19. The molecule has 2 bridgehead atoms. The standard InChI is InChI=1S/C8H12N6O2/c1-12-10-7(9-11-12)6-3-2-5-4-13(6)8(15)14(5)16/h5-6,16H,2-4H2,1H3/t5-,6?/m1/s1. The van der Waals surface area contributed by atoms with Gasteiger partial charge in [-0.3, -0.25) is 5.21 Å². The first-order valence-electron chi connectivity index (χ1n) is 5.19. The Morgan fingerprint density at radius 3 is 2.94 bits per heavy atom. The summed E-state index contributed by atoms with van der Waals surface area (Å²) in [5.41, 5.74) is 0. The fourth-order valence-corrected chi connectivity index (χ4v) is 2.35. The van der Waals surface area contributed by atoms with Gasteiger partial charge in [0.15, 0.2) is 5.82 Å². The molecule has 0 spiro atoms. The van der Waals surface area contributed by atoms with E-state index in [2.05, 4.69) is 15.4 Å². The Hall–Kier alpha value is -1.70. The minimum atomic E-state index is -0.361. The van der Waals surface area contributed by atoms with Crippen molar-refractivity contribution in [2.24, 2.45) is 7.05 Å². The van der Waals surface area contributed by atoms with Crippen LogP contribution in [0.25, 0.3) is 0 Å². The van der Waals surface area contributed by atoms with Gasteiger partial charge < -0.3 is 4.90 Å². The lowest BCUT2D eigenvalue weighted by molar-refractivity contribution is -0.0584. The molecule has 0 aromatic carbocycles. The first-order chi connectivity index (χ1) is 7.66. The quantitative estimate of drug-likeness (QED) is 0.652. The van der Waals surface area contributed by atoms with Gasteiger partial charge in [-0.1, -0.05) is 0 Å². The van der Waals surface area contributed by atoms with E-state index in [1.165, 1.54) is 4.80 Å². The number of carbonyl (C=O) groups is 1. The van der Waals surface area contributed by atoms with Crippen LogP contribution in [0.1, 0.15) is 24.7 Å². The van der Waals surface area contributed by atoms with Crippen LogP contribution < -0.4 is 0 Å². The number of hydrogen-bond donors (Lipinski definition) is 1. The van der Waals surface area contributed by atoms with Gasteiger partial charge in [-0.25, -0.2) is 9.86 Å². The number of hydrogen-bond acceptors (Lipinski definition) is 5. The molecular formula is C8H12N6O2. The maximum Gasteiger partial charge on any atom is 0.344 e. The Labute approximate surface area is 91.4 Å². The van der Waals surface area contributed by atoms with Gasteiger partial charge in [0.25, 0.3) is 0 Å². The van der Waals surface area contributed by atoms with Crippen molar-refractivity contribution in [3.63, 3.8) is 0 Å². The number of hydroxylamine groups is 2. The third-order valence-electron chi connectivity index (χ3n) is 3.17. The molecule has 1 unspecified atom stereocenters. The van der Waals surface area contributed by atoms with E-state index < -0.39 is 0 Å². The summed E-state index contributed by atoms with van der Waals surface area (Å²) in [6.07, 6.45) is 1.53. The molecule has 2 fully saturated rings. The highest BCUT2D eigenvalue weighted by atomic mass is 16.5. The molecular weight excluding hydrogens is 212 g/mol. The SMILES string of the molecule is Cn1nnc(C2CC[C@@H]3CN2C(=O)N3O)n1. The van der Waals surface area contributed by atoms with Crippen LogP contribution in [0.15, 0.2) is 0 Å². The Kier molecular flexibility index (Phi) is 1.87. The highest BCUT2D eigenvalue weighted by Crippen LogP contribution is 2.35. The number of piperidine rings is 1. The molecule has 1 N–H and O–H groups in total. The predicted molar refractivity (Wildman–Crippen MR) is 50.3 cm³/mol. The Balaban J connectivity index is 1.90. The number of aromatic nitrogens is 4. The number of rotatable bonds is 1.